The maximum atomic E-state index is 8.67. The SMILES string of the molecule is Cc1cc([C@H](N)CCCO)sc1C. The summed E-state index contributed by atoms with van der Waals surface area (Å²) in [4.78, 5) is 2.58. The molecule has 74 valence electrons. The zero-order chi connectivity index (χ0) is 9.84. The Hall–Kier alpha value is -0.380. The molecule has 0 aliphatic carbocycles. The van der Waals surface area contributed by atoms with Crippen LogP contribution in [0.15, 0.2) is 6.07 Å². The Morgan fingerprint density at radius 3 is 2.69 bits per heavy atom. The van der Waals surface area contributed by atoms with Crippen molar-refractivity contribution < 1.29 is 5.11 Å². The number of hydrogen-bond donors (Lipinski definition) is 2. The van der Waals surface area contributed by atoms with Gasteiger partial charge in [-0.2, -0.15) is 0 Å². The summed E-state index contributed by atoms with van der Waals surface area (Å²) in [5.74, 6) is 0. The van der Waals surface area contributed by atoms with E-state index < -0.39 is 0 Å². The Labute approximate surface area is 83.4 Å². The Balaban J connectivity index is 2.60. The summed E-state index contributed by atoms with van der Waals surface area (Å²) < 4.78 is 0. The zero-order valence-corrected chi connectivity index (χ0v) is 9.03. The van der Waals surface area contributed by atoms with Crippen LogP contribution in [-0.4, -0.2) is 11.7 Å². The fraction of sp³-hybridized carbons (Fsp3) is 0.600. The van der Waals surface area contributed by atoms with Gasteiger partial charge >= 0.3 is 0 Å². The van der Waals surface area contributed by atoms with Gasteiger partial charge in [-0.1, -0.05) is 0 Å². The predicted molar refractivity (Wildman–Crippen MR) is 57.0 cm³/mol. The molecule has 0 saturated carbocycles. The van der Waals surface area contributed by atoms with Crippen LogP contribution in [0, 0.1) is 13.8 Å². The molecule has 2 nitrogen and oxygen atoms in total. The van der Waals surface area contributed by atoms with Gasteiger partial charge in [0, 0.05) is 22.4 Å². The van der Waals surface area contributed by atoms with E-state index in [1.807, 2.05) is 0 Å². The van der Waals surface area contributed by atoms with Gasteiger partial charge in [-0.3, -0.25) is 0 Å². The van der Waals surface area contributed by atoms with Crippen LogP contribution in [0.5, 0.6) is 0 Å². The monoisotopic (exact) mass is 199 g/mol. The number of nitrogens with two attached hydrogens (primary N) is 1. The molecule has 1 rings (SSSR count). The topological polar surface area (TPSA) is 46.2 Å². The van der Waals surface area contributed by atoms with Crippen molar-refractivity contribution in [1.29, 1.82) is 0 Å². The molecule has 1 aromatic rings. The summed E-state index contributed by atoms with van der Waals surface area (Å²) >= 11 is 1.77. The molecule has 0 spiro atoms. The number of hydrogen-bond acceptors (Lipinski definition) is 3. The van der Waals surface area contributed by atoms with Crippen LogP contribution < -0.4 is 5.73 Å². The maximum Gasteiger partial charge on any atom is 0.0431 e. The summed E-state index contributed by atoms with van der Waals surface area (Å²) in [5, 5.41) is 8.67. The highest BCUT2D eigenvalue weighted by atomic mass is 32.1. The van der Waals surface area contributed by atoms with E-state index in [1.165, 1.54) is 15.3 Å². The third-order valence-electron chi connectivity index (χ3n) is 2.22. The smallest absolute Gasteiger partial charge is 0.0431 e. The van der Waals surface area contributed by atoms with Crippen molar-refractivity contribution in [3.05, 3.63) is 21.4 Å². The summed E-state index contributed by atoms with van der Waals surface area (Å²) in [6.45, 7) is 4.45. The number of aliphatic hydroxyl groups is 1. The van der Waals surface area contributed by atoms with Gasteiger partial charge in [0.2, 0.25) is 0 Å². The van der Waals surface area contributed by atoms with Gasteiger partial charge < -0.3 is 10.8 Å². The van der Waals surface area contributed by atoms with Gasteiger partial charge in [-0.25, -0.2) is 0 Å². The van der Waals surface area contributed by atoms with E-state index in [4.69, 9.17) is 10.8 Å². The van der Waals surface area contributed by atoms with Crippen LogP contribution in [0.25, 0.3) is 0 Å². The van der Waals surface area contributed by atoms with Crippen molar-refractivity contribution in [2.45, 2.75) is 32.7 Å². The summed E-state index contributed by atoms with van der Waals surface area (Å²) in [7, 11) is 0. The quantitative estimate of drug-likeness (QED) is 0.780. The van der Waals surface area contributed by atoms with Crippen LogP contribution in [-0.2, 0) is 0 Å². The van der Waals surface area contributed by atoms with Crippen LogP contribution in [0.3, 0.4) is 0 Å². The second-order valence-corrected chi connectivity index (χ2v) is 4.65. The Morgan fingerprint density at radius 2 is 2.23 bits per heavy atom. The molecule has 0 bridgehead atoms. The molecule has 0 aliphatic heterocycles. The number of thiophene rings is 1. The first-order valence-corrected chi connectivity index (χ1v) is 5.40. The van der Waals surface area contributed by atoms with Crippen molar-refractivity contribution in [2.24, 2.45) is 5.73 Å². The maximum absolute atomic E-state index is 8.67. The summed E-state index contributed by atoms with van der Waals surface area (Å²) in [6.07, 6.45) is 1.66. The molecule has 1 heterocycles. The Kier molecular flexibility index (Phi) is 3.90. The molecular formula is C10H17NOS. The fourth-order valence-corrected chi connectivity index (χ4v) is 2.32. The molecule has 0 aliphatic rings. The predicted octanol–water partition coefficient (Wildman–Crippen LogP) is 2.14. The standard InChI is InChI=1S/C10H17NOS/c1-7-6-10(13-8(7)2)9(11)4-3-5-12/h6,9,12H,3-5,11H2,1-2H3/t9-/m1/s1. The molecule has 0 unspecified atom stereocenters. The average molecular weight is 199 g/mol. The minimum atomic E-state index is 0.101. The van der Waals surface area contributed by atoms with Crippen LogP contribution in [0.1, 0.15) is 34.2 Å². The van der Waals surface area contributed by atoms with E-state index in [0.29, 0.717) is 0 Å². The first kappa shape index (κ1) is 10.7. The van der Waals surface area contributed by atoms with Crippen molar-refractivity contribution in [1.82, 2.24) is 0 Å². The second-order valence-electron chi connectivity index (χ2n) is 3.36. The molecule has 0 saturated heterocycles. The number of rotatable bonds is 4. The third-order valence-corrected chi connectivity index (χ3v) is 3.51. The second kappa shape index (κ2) is 4.74. The van der Waals surface area contributed by atoms with Gasteiger partial charge in [-0.05, 0) is 38.3 Å². The largest absolute Gasteiger partial charge is 0.396 e. The van der Waals surface area contributed by atoms with Crippen molar-refractivity contribution >= 4 is 11.3 Å². The van der Waals surface area contributed by atoms with E-state index in [0.717, 1.165) is 12.8 Å². The van der Waals surface area contributed by atoms with E-state index in [9.17, 15) is 0 Å². The van der Waals surface area contributed by atoms with Gasteiger partial charge in [0.05, 0.1) is 0 Å². The van der Waals surface area contributed by atoms with E-state index in [2.05, 4.69) is 19.9 Å². The van der Waals surface area contributed by atoms with E-state index in [1.54, 1.807) is 11.3 Å². The van der Waals surface area contributed by atoms with Gasteiger partial charge in [0.1, 0.15) is 0 Å². The lowest BCUT2D eigenvalue weighted by atomic mass is 10.1. The lowest BCUT2D eigenvalue weighted by molar-refractivity contribution is 0.280. The highest BCUT2D eigenvalue weighted by Crippen LogP contribution is 2.27. The lowest BCUT2D eigenvalue weighted by Gasteiger charge is -2.07. The fourth-order valence-electron chi connectivity index (χ4n) is 1.24. The molecule has 1 aromatic heterocycles. The van der Waals surface area contributed by atoms with Crippen molar-refractivity contribution in [2.75, 3.05) is 6.61 Å². The van der Waals surface area contributed by atoms with E-state index in [-0.39, 0.29) is 12.6 Å². The number of aliphatic hydroxyl groups excluding tert-OH is 1. The summed E-state index contributed by atoms with van der Waals surface area (Å²) in [6, 6.07) is 2.26. The lowest BCUT2D eigenvalue weighted by Crippen LogP contribution is -2.08. The van der Waals surface area contributed by atoms with Gasteiger partial charge in [0.25, 0.3) is 0 Å². The highest BCUT2D eigenvalue weighted by Gasteiger charge is 2.09. The van der Waals surface area contributed by atoms with Gasteiger partial charge in [0.15, 0.2) is 0 Å². The molecule has 0 fully saturated rings. The normalized spacial score (nSPS) is 13.2. The summed E-state index contributed by atoms with van der Waals surface area (Å²) in [5.41, 5.74) is 7.28. The molecule has 0 aromatic carbocycles. The van der Waals surface area contributed by atoms with Crippen molar-refractivity contribution in [3.63, 3.8) is 0 Å². The number of aryl methyl sites for hydroxylation is 2. The average Bonchev–Trinajstić information content (AvgIpc) is 2.43. The molecule has 3 N–H and O–H groups in total. The van der Waals surface area contributed by atoms with Crippen LogP contribution in [0.4, 0.5) is 0 Å². The molecule has 3 heteroatoms. The third kappa shape index (κ3) is 2.79. The highest BCUT2D eigenvalue weighted by molar-refractivity contribution is 7.12. The molecule has 13 heavy (non-hydrogen) atoms. The minimum Gasteiger partial charge on any atom is -0.396 e. The first-order valence-electron chi connectivity index (χ1n) is 4.58. The van der Waals surface area contributed by atoms with Crippen LogP contribution >= 0.6 is 11.3 Å². The van der Waals surface area contributed by atoms with E-state index >= 15 is 0 Å². The molecule has 0 radical (unpaired) electrons. The van der Waals surface area contributed by atoms with Gasteiger partial charge in [-0.15, -0.1) is 11.3 Å². The Morgan fingerprint density at radius 1 is 1.54 bits per heavy atom. The molecule has 1 atom stereocenters. The Bertz CT molecular complexity index is 250. The van der Waals surface area contributed by atoms with Crippen molar-refractivity contribution in [3.8, 4) is 0 Å². The first-order chi connectivity index (χ1) is 6.15. The zero-order valence-electron chi connectivity index (χ0n) is 8.21. The molecule has 0 amide bonds. The molecular weight excluding hydrogens is 182 g/mol. The van der Waals surface area contributed by atoms with Crippen LogP contribution in [0.2, 0.25) is 0 Å². The minimum absolute atomic E-state index is 0.101.